The molecule has 2 N–H and O–H groups in total. The first-order chi connectivity index (χ1) is 19.2. The summed E-state index contributed by atoms with van der Waals surface area (Å²) in [6.45, 7) is 0.772. The summed E-state index contributed by atoms with van der Waals surface area (Å²) in [6.07, 6.45) is -6.24. The van der Waals surface area contributed by atoms with Gasteiger partial charge in [0.2, 0.25) is 0 Å². The lowest BCUT2D eigenvalue weighted by molar-refractivity contribution is -0.126. The number of alkyl halides is 6. The Labute approximate surface area is 238 Å². The van der Waals surface area contributed by atoms with Gasteiger partial charge in [0, 0.05) is 18.4 Å². The van der Waals surface area contributed by atoms with Gasteiger partial charge in [0.1, 0.15) is 19.1 Å². The van der Waals surface area contributed by atoms with Crippen molar-refractivity contribution in [1.82, 2.24) is 4.90 Å². The molecule has 3 aromatic rings. The molecule has 2 aromatic carbocycles. The van der Waals surface area contributed by atoms with E-state index in [1.165, 1.54) is 31.5 Å². The molecule has 0 amide bonds. The predicted molar refractivity (Wildman–Crippen MR) is 154 cm³/mol. The lowest BCUT2D eigenvalue weighted by atomic mass is 10.0. The SMILES string of the molecule is CN1CC[C@H](Nc2cccc3c(CC(F)(F)F)c(C#CCNc4ccc(P(C)(C)=O)cc4OC(F)F)sc23)[C@@H](F)C1. The minimum Gasteiger partial charge on any atom is -0.433 e. The van der Waals surface area contributed by atoms with E-state index < -0.39 is 38.6 Å². The van der Waals surface area contributed by atoms with Crippen molar-refractivity contribution in [2.24, 2.45) is 0 Å². The molecule has 1 saturated heterocycles. The summed E-state index contributed by atoms with van der Waals surface area (Å²) in [6, 6.07) is 8.74. The third kappa shape index (κ3) is 8.12. The molecule has 1 aromatic heterocycles. The normalized spacial score (nSPS) is 18.3. The quantitative estimate of drug-likeness (QED) is 0.166. The molecule has 222 valence electrons. The van der Waals surface area contributed by atoms with Gasteiger partial charge in [0.25, 0.3) is 0 Å². The molecular formula is C28H30F6N3O2PS. The maximum Gasteiger partial charge on any atom is 0.393 e. The van der Waals surface area contributed by atoms with Crippen molar-refractivity contribution < 1.29 is 35.6 Å². The second-order valence-corrected chi connectivity index (χ2v) is 14.5. The number of anilines is 2. The average molecular weight is 618 g/mol. The fourth-order valence-corrected chi connectivity index (χ4v) is 6.66. The van der Waals surface area contributed by atoms with Crippen LogP contribution in [0.15, 0.2) is 36.4 Å². The summed E-state index contributed by atoms with van der Waals surface area (Å²) >= 11 is 1.09. The molecule has 13 heteroatoms. The molecule has 1 aliphatic heterocycles. The number of nitrogens with zero attached hydrogens (tertiary/aromatic N) is 1. The molecule has 1 aliphatic rings. The molecule has 0 spiro atoms. The van der Waals surface area contributed by atoms with Crippen LogP contribution in [0.1, 0.15) is 16.9 Å². The van der Waals surface area contributed by atoms with Gasteiger partial charge >= 0.3 is 12.8 Å². The first-order valence-corrected chi connectivity index (χ1v) is 16.2. The highest BCUT2D eigenvalue weighted by Gasteiger charge is 2.32. The third-order valence-electron chi connectivity index (χ3n) is 6.65. The number of halogens is 6. The van der Waals surface area contributed by atoms with Gasteiger partial charge in [0.05, 0.1) is 40.0 Å². The number of ether oxygens (including phenoxy) is 1. The fourth-order valence-electron chi connectivity index (χ4n) is 4.63. The van der Waals surface area contributed by atoms with E-state index in [0.717, 1.165) is 11.3 Å². The van der Waals surface area contributed by atoms with Crippen LogP contribution in [0.5, 0.6) is 5.75 Å². The van der Waals surface area contributed by atoms with E-state index >= 15 is 0 Å². The summed E-state index contributed by atoms with van der Waals surface area (Å²) in [7, 11) is -0.904. The summed E-state index contributed by atoms with van der Waals surface area (Å²) in [5.74, 6) is 5.36. The van der Waals surface area contributed by atoms with Crippen molar-refractivity contribution in [3.8, 4) is 17.6 Å². The van der Waals surface area contributed by atoms with Crippen LogP contribution in [0.3, 0.4) is 0 Å². The van der Waals surface area contributed by atoms with Crippen LogP contribution < -0.4 is 20.7 Å². The Hall–Kier alpha value is -2.87. The largest absolute Gasteiger partial charge is 0.433 e. The number of hydrogen-bond acceptors (Lipinski definition) is 6. The predicted octanol–water partition coefficient (Wildman–Crippen LogP) is 6.77. The number of fused-ring (bicyclic) bond motifs is 1. The van der Waals surface area contributed by atoms with Gasteiger partial charge in [-0.1, -0.05) is 24.0 Å². The molecule has 0 bridgehead atoms. The molecule has 0 radical (unpaired) electrons. The van der Waals surface area contributed by atoms with E-state index in [-0.39, 0.29) is 35.0 Å². The molecule has 0 aliphatic carbocycles. The molecule has 2 atom stereocenters. The van der Waals surface area contributed by atoms with E-state index in [0.29, 0.717) is 34.0 Å². The number of hydrogen-bond donors (Lipinski definition) is 2. The van der Waals surface area contributed by atoms with Gasteiger partial charge in [-0.05, 0) is 62.0 Å². The van der Waals surface area contributed by atoms with Gasteiger partial charge in [0.15, 0.2) is 0 Å². The van der Waals surface area contributed by atoms with Gasteiger partial charge in [-0.3, -0.25) is 0 Å². The Balaban J connectivity index is 1.61. The molecule has 5 nitrogen and oxygen atoms in total. The lowest BCUT2D eigenvalue weighted by Crippen LogP contribution is -2.46. The molecule has 2 heterocycles. The van der Waals surface area contributed by atoms with Gasteiger partial charge in [-0.2, -0.15) is 22.0 Å². The number of nitrogens with one attached hydrogen (secondary N) is 2. The van der Waals surface area contributed by atoms with Crippen molar-refractivity contribution in [2.45, 2.75) is 37.8 Å². The molecule has 0 unspecified atom stereocenters. The Morgan fingerprint density at radius 2 is 1.95 bits per heavy atom. The minimum absolute atomic E-state index is 0.0292. The Morgan fingerprint density at radius 1 is 1.20 bits per heavy atom. The highest BCUT2D eigenvalue weighted by Crippen LogP contribution is 2.40. The van der Waals surface area contributed by atoms with E-state index in [2.05, 4.69) is 27.2 Å². The number of piperidine rings is 1. The highest BCUT2D eigenvalue weighted by molar-refractivity contribution is 7.70. The first kappa shape index (κ1) is 31.1. The van der Waals surface area contributed by atoms with Gasteiger partial charge in [-0.25, -0.2) is 4.39 Å². The zero-order chi connectivity index (χ0) is 29.9. The monoisotopic (exact) mass is 617 g/mol. The van der Waals surface area contributed by atoms with Gasteiger partial charge < -0.3 is 24.8 Å². The van der Waals surface area contributed by atoms with Crippen LogP contribution >= 0.6 is 18.5 Å². The molecule has 1 fully saturated rings. The second-order valence-electron chi connectivity index (χ2n) is 10.3. The topological polar surface area (TPSA) is 53.6 Å². The van der Waals surface area contributed by atoms with E-state index in [1.807, 2.05) is 11.9 Å². The highest BCUT2D eigenvalue weighted by atomic mass is 32.1. The van der Waals surface area contributed by atoms with E-state index in [4.69, 9.17) is 0 Å². The van der Waals surface area contributed by atoms with Crippen molar-refractivity contribution in [1.29, 1.82) is 0 Å². The lowest BCUT2D eigenvalue weighted by Gasteiger charge is -2.33. The zero-order valence-electron chi connectivity index (χ0n) is 22.6. The van der Waals surface area contributed by atoms with Crippen LogP contribution in [0.25, 0.3) is 10.1 Å². The van der Waals surface area contributed by atoms with Crippen LogP contribution in [0, 0.1) is 11.8 Å². The molecule has 0 saturated carbocycles. The molecule has 41 heavy (non-hydrogen) atoms. The minimum atomic E-state index is -4.48. The fraction of sp³-hybridized carbons (Fsp3) is 0.429. The van der Waals surface area contributed by atoms with E-state index in [9.17, 15) is 30.9 Å². The smallest absolute Gasteiger partial charge is 0.393 e. The zero-order valence-corrected chi connectivity index (χ0v) is 24.3. The van der Waals surface area contributed by atoms with Crippen LogP contribution in [0.2, 0.25) is 0 Å². The Morgan fingerprint density at radius 3 is 2.61 bits per heavy atom. The summed E-state index contributed by atoms with van der Waals surface area (Å²) < 4.78 is 98.7. The Bertz CT molecular complexity index is 1490. The third-order valence-corrected chi connectivity index (χ3v) is 9.37. The summed E-state index contributed by atoms with van der Waals surface area (Å²) in [5, 5.41) is 6.79. The molecular weight excluding hydrogens is 587 g/mol. The van der Waals surface area contributed by atoms with Crippen molar-refractivity contribution in [2.75, 3.05) is 50.6 Å². The number of benzene rings is 2. The van der Waals surface area contributed by atoms with Crippen LogP contribution in [-0.4, -0.2) is 69.9 Å². The van der Waals surface area contributed by atoms with Crippen LogP contribution in [0.4, 0.5) is 37.7 Å². The summed E-state index contributed by atoms with van der Waals surface area (Å²) in [5.41, 5.74) is 0.757. The standard InChI is InChI=1S/C28H30F6N3O2PS/c1-37-13-11-21(20(29)16-37)36-23-7-4-6-18-19(15-28(32,33)34)25(41-26(18)23)8-5-12-35-22-10-9-17(40(2,3)38)14-24(22)39-27(30)31/h4,6-7,9-10,14,20-21,27,35-36H,11-13,15-16H2,1-3H3/t20-,21-/m0/s1. The van der Waals surface area contributed by atoms with Gasteiger partial charge in [-0.15, -0.1) is 11.3 Å². The maximum absolute atomic E-state index is 14.7. The Kier molecular flexibility index (Phi) is 9.52. The van der Waals surface area contributed by atoms with Crippen molar-refractivity contribution >= 4 is 45.2 Å². The number of rotatable bonds is 8. The average Bonchev–Trinajstić information content (AvgIpc) is 3.20. The number of likely N-dealkylation sites (tertiary alicyclic amines) is 1. The molecule has 4 rings (SSSR count). The number of thiophene rings is 1. The maximum atomic E-state index is 14.7. The van der Waals surface area contributed by atoms with Crippen LogP contribution in [-0.2, 0) is 11.0 Å². The van der Waals surface area contributed by atoms with Crippen molar-refractivity contribution in [3.63, 3.8) is 0 Å². The second kappa shape index (κ2) is 12.6. The summed E-state index contributed by atoms with van der Waals surface area (Å²) in [4.78, 5) is 2.10. The van der Waals surface area contributed by atoms with Crippen molar-refractivity contribution in [3.05, 3.63) is 46.8 Å². The first-order valence-electron chi connectivity index (χ1n) is 12.8. The van der Waals surface area contributed by atoms with E-state index in [1.54, 1.807) is 18.2 Å².